The van der Waals surface area contributed by atoms with E-state index in [1.54, 1.807) is 11.8 Å². The fraction of sp³-hybridized carbons (Fsp3) is 0.333. The molecule has 1 aliphatic rings. The molecule has 0 aromatic heterocycles. The molecule has 0 saturated carbocycles. The molecule has 0 radical (unpaired) electrons. The first-order valence-corrected chi connectivity index (χ1v) is 7.36. The Hall–Kier alpha value is -1.73. The number of nitrogens with one attached hydrogen (secondary N) is 1. The summed E-state index contributed by atoms with van der Waals surface area (Å²) in [4.78, 5) is 11.8. The van der Waals surface area contributed by atoms with E-state index in [1.807, 2.05) is 30.3 Å². The first kappa shape index (κ1) is 13.7. The second kappa shape index (κ2) is 6.44. The molecule has 3 nitrogen and oxygen atoms in total. The van der Waals surface area contributed by atoms with Gasteiger partial charge in [0.15, 0.2) is 0 Å². The molecule has 0 bridgehead atoms. The van der Waals surface area contributed by atoms with Crippen LogP contribution in [0, 0.1) is 11.3 Å². The Bertz CT molecular complexity index is 531. The SMILES string of the molecule is CCCSC1=C(C#N)[C@H](c2ccccc2)CC(=O)N1. The molecular formula is C15H16N2OS. The zero-order chi connectivity index (χ0) is 13.7. The summed E-state index contributed by atoms with van der Waals surface area (Å²) in [7, 11) is 0. The third kappa shape index (κ3) is 3.18. The maximum Gasteiger partial charge on any atom is 0.225 e. The van der Waals surface area contributed by atoms with E-state index in [0.717, 1.165) is 22.8 Å². The number of hydrogen-bond acceptors (Lipinski definition) is 3. The van der Waals surface area contributed by atoms with Crippen LogP contribution in [0.5, 0.6) is 0 Å². The maximum atomic E-state index is 11.8. The van der Waals surface area contributed by atoms with Crippen molar-refractivity contribution in [2.24, 2.45) is 0 Å². The minimum Gasteiger partial charge on any atom is -0.320 e. The maximum absolute atomic E-state index is 11.8. The molecule has 1 amide bonds. The highest BCUT2D eigenvalue weighted by Crippen LogP contribution is 2.35. The van der Waals surface area contributed by atoms with Crippen molar-refractivity contribution in [1.82, 2.24) is 5.32 Å². The largest absolute Gasteiger partial charge is 0.320 e. The van der Waals surface area contributed by atoms with E-state index in [9.17, 15) is 10.1 Å². The Morgan fingerprint density at radius 1 is 1.42 bits per heavy atom. The third-order valence-electron chi connectivity index (χ3n) is 3.01. The number of nitriles is 1. The Morgan fingerprint density at radius 3 is 2.79 bits per heavy atom. The van der Waals surface area contributed by atoms with E-state index in [2.05, 4.69) is 18.3 Å². The Kier molecular flexibility index (Phi) is 4.64. The van der Waals surface area contributed by atoms with Gasteiger partial charge in [-0.1, -0.05) is 37.3 Å². The van der Waals surface area contributed by atoms with Crippen LogP contribution < -0.4 is 5.32 Å². The number of benzene rings is 1. The highest BCUT2D eigenvalue weighted by molar-refractivity contribution is 8.03. The molecule has 0 spiro atoms. The molecule has 1 heterocycles. The van der Waals surface area contributed by atoms with Gasteiger partial charge in [-0.25, -0.2) is 0 Å². The van der Waals surface area contributed by atoms with Gasteiger partial charge in [0.1, 0.15) is 0 Å². The van der Waals surface area contributed by atoms with Gasteiger partial charge in [-0.15, -0.1) is 11.8 Å². The van der Waals surface area contributed by atoms with Crippen molar-refractivity contribution in [3.8, 4) is 6.07 Å². The van der Waals surface area contributed by atoms with Crippen molar-refractivity contribution < 1.29 is 4.79 Å². The van der Waals surface area contributed by atoms with Crippen LogP contribution in [-0.4, -0.2) is 11.7 Å². The van der Waals surface area contributed by atoms with Gasteiger partial charge < -0.3 is 5.32 Å². The van der Waals surface area contributed by atoms with Crippen LogP contribution in [0.1, 0.15) is 31.2 Å². The van der Waals surface area contributed by atoms with E-state index >= 15 is 0 Å². The molecule has 0 saturated heterocycles. The van der Waals surface area contributed by atoms with Gasteiger partial charge in [-0.2, -0.15) is 5.26 Å². The summed E-state index contributed by atoms with van der Waals surface area (Å²) in [6.45, 7) is 2.08. The van der Waals surface area contributed by atoms with Gasteiger partial charge in [0.25, 0.3) is 0 Å². The van der Waals surface area contributed by atoms with E-state index in [-0.39, 0.29) is 11.8 Å². The summed E-state index contributed by atoms with van der Waals surface area (Å²) >= 11 is 1.56. The summed E-state index contributed by atoms with van der Waals surface area (Å²) in [5.74, 6) is 0.785. The zero-order valence-electron chi connectivity index (χ0n) is 10.8. The second-order valence-electron chi connectivity index (χ2n) is 4.42. The summed E-state index contributed by atoms with van der Waals surface area (Å²) < 4.78 is 0. The minimum atomic E-state index is -0.112. The molecule has 1 atom stereocenters. The van der Waals surface area contributed by atoms with Crippen molar-refractivity contribution in [2.45, 2.75) is 25.7 Å². The number of carbonyl (C=O) groups excluding carboxylic acids is 1. The van der Waals surface area contributed by atoms with Crippen molar-refractivity contribution >= 4 is 17.7 Å². The predicted molar refractivity (Wildman–Crippen MR) is 77.3 cm³/mol. The summed E-state index contributed by atoms with van der Waals surface area (Å²) in [6, 6.07) is 12.0. The molecule has 1 aliphatic heterocycles. The number of nitrogens with zero attached hydrogens (tertiary/aromatic N) is 1. The van der Waals surface area contributed by atoms with Crippen LogP contribution in [0.2, 0.25) is 0 Å². The van der Waals surface area contributed by atoms with Crippen LogP contribution in [0.3, 0.4) is 0 Å². The summed E-state index contributed by atoms with van der Waals surface area (Å²) in [6.07, 6.45) is 1.36. The lowest BCUT2D eigenvalue weighted by molar-refractivity contribution is -0.120. The van der Waals surface area contributed by atoms with E-state index < -0.39 is 0 Å². The zero-order valence-corrected chi connectivity index (χ0v) is 11.7. The van der Waals surface area contributed by atoms with E-state index in [0.29, 0.717) is 12.0 Å². The fourth-order valence-corrected chi connectivity index (χ4v) is 3.04. The monoisotopic (exact) mass is 272 g/mol. The number of carbonyl (C=O) groups is 1. The lowest BCUT2D eigenvalue weighted by Crippen LogP contribution is -2.30. The van der Waals surface area contributed by atoms with Crippen molar-refractivity contribution in [3.05, 3.63) is 46.5 Å². The van der Waals surface area contributed by atoms with Crippen LogP contribution in [-0.2, 0) is 4.79 Å². The van der Waals surface area contributed by atoms with E-state index in [4.69, 9.17) is 0 Å². The van der Waals surface area contributed by atoms with Crippen molar-refractivity contribution in [1.29, 1.82) is 5.26 Å². The molecule has 4 heteroatoms. The lowest BCUT2D eigenvalue weighted by Gasteiger charge is -2.25. The number of amides is 1. The molecule has 98 valence electrons. The molecule has 0 aliphatic carbocycles. The highest BCUT2D eigenvalue weighted by atomic mass is 32.2. The highest BCUT2D eigenvalue weighted by Gasteiger charge is 2.29. The molecule has 1 N–H and O–H groups in total. The van der Waals surface area contributed by atoms with Crippen LogP contribution in [0.4, 0.5) is 0 Å². The smallest absolute Gasteiger partial charge is 0.225 e. The molecule has 19 heavy (non-hydrogen) atoms. The predicted octanol–water partition coefficient (Wildman–Crippen LogP) is 3.17. The topological polar surface area (TPSA) is 52.9 Å². The Morgan fingerprint density at radius 2 is 2.16 bits per heavy atom. The van der Waals surface area contributed by atoms with Gasteiger partial charge >= 0.3 is 0 Å². The number of hydrogen-bond donors (Lipinski definition) is 1. The van der Waals surface area contributed by atoms with Crippen molar-refractivity contribution in [3.63, 3.8) is 0 Å². The van der Waals surface area contributed by atoms with Crippen molar-refractivity contribution in [2.75, 3.05) is 5.75 Å². The summed E-state index contributed by atoms with van der Waals surface area (Å²) in [5, 5.41) is 13.0. The van der Waals surface area contributed by atoms with Gasteiger partial charge in [0.2, 0.25) is 5.91 Å². The number of allylic oxidation sites excluding steroid dienone is 1. The summed E-state index contributed by atoms with van der Waals surface area (Å²) in [5.41, 5.74) is 1.72. The molecule has 1 aromatic rings. The molecule has 1 aromatic carbocycles. The molecule has 2 rings (SSSR count). The van der Waals surface area contributed by atoms with Gasteiger partial charge in [0, 0.05) is 12.3 Å². The average Bonchev–Trinajstić information content (AvgIpc) is 2.45. The van der Waals surface area contributed by atoms with E-state index in [1.165, 1.54) is 0 Å². The second-order valence-corrected chi connectivity index (χ2v) is 5.52. The molecular weight excluding hydrogens is 256 g/mol. The lowest BCUT2D eigenvalue weighted by atomic mass is 9.87. The quantitative estimate of drug-likeness (QED) is 0.916. The number of rotatable bonds is 4. The Labute approximate surface area is 117 Å². The van der Waals surface area contributed by atoms with Crippen LogP contribution >= 0.6 is 11.8 Å². The van der Waals surface area contributed by atoms with Gasteiger partial charge in [0.05, 0.1) is 16.7 Å². The number of thioether (sulfide) groups is 1. The third-order valence-corrected chi connectivity index (χ3v) is 4.23. The minimum absolute atomic E-state index is 0.00791. The average molecular weight is 272 g/mol. The fourth-order valence-electron chi connectivity index (χ4n) is 2.11. The van der Waals surface area contributed by atoms with Gasteiger partial charge in [-0.3, -0.25) is 4.79 Å². The van der Waals surface area contributed by atoms with Crippen LogP contribution in [0.15, 0.2) is 40.9 Å². The molecule has 0 fully saturated rings. The first-order chi connectivity index (χ1) is 9.26. The normalized spacial score (nSPS) is 18.9. The van der Waals surface area contributed by atoms with Crippen LogP contribution in [0.25, 0.3) is 0 Å². The molecule has 0 unspecified atom stereocenters. The van der Waals surface area contributed by atoms with Gasteiger partial charge in [-0.05, 0) is 17.7 Å². The standard InChI is InChI=1S/C15H16N2OS/c1-2-8-19-15-13(10-16)12(9-14(18)17-15)11-6-4-3-5-7-11/h3-7,12H,2,8-9H2,1H3,(H,17,18)/t12-/m0/s1. The Balaban J connectivity index is 2.36. The first-order valence-electron chi connectivity index (χ1n) is 6.38.